The number of oxazole rings is 1. The molecule has 2 rings (SSSR count). The molecule has 7 heteroatoms. The van der Waals surface area contributed by atoms with E-state index >= 15 is 0 Å². The van der Waals surface area contributed by atoms with Gasteiger partial charge in [-0.2, -0.15) is 0 Å². The lowest BCUT2D eigenvalue weighted by Crippen LogP contribution is -2.40. The van der Waals surface area contributed by atoms with Crippen molar-refractivity contribution in [1.82, 2.24) is 9.88 Å². The highest BCUT2D eigenvalue weighted by atomic mass is 35.5. The van der Waals surface area contributed by atoms with Crippen LogP contribution in [0.25, 0.3) is 11.5 Å². The summed E-state index contributed by atoms with van der Waals surface area (Å²) < 4.78 is 5.70. The van der Waals surface area contributed by atoms with Gasteiger partial charge in [-0.3, -0.25) is 4.79 Å². The number of hydrogen-bond donors (Lipinski definition) is 1. The Hall–Kier alpha value is -1.56. The number of amides is 1. The van der Waals surface area contributed by atoms with Gasteiger partial charge >= 0.3 is 0 Å². The highest BCUT2D eigenvalue weighted by molar-refractivity contribution is 5.85. The third-order valence-corrected chi connectivity index (χ3v) is 3.88. The number of likely N-dealkylation sites (N-methyl/N-ethyl adjacent to an activating group) is 1. The van der Waals surface area contributed by atoms with Crippen LogP contribution in [0.4, 0.5) is 0 Å². The van der Waals surface area contributed by atoms with Gasteiger partial charge in [0, 0.05) is 19.2 Å². The van der Waals surface area contributed by atoms with Crippen LogP contribution in [-0.2, 0) is 11.2 Å². The maximum atomic E-state index is 12.4. The van der Waals surface area contributed by atoms with Gasteiger partial charge < -0.3 is 15.1 Å². The Morgan fingerprint density at radius 3 is 2.40 bits per heavy atom. The highest BCUT2D eigenvalue weighted by Crippen LogP contribution is 2.22. The van der Waals surface area contributed by atoms with Gasteiger partial charge in [-0.25, -0.2) is 4.98 Å². The minimum atomic E-state index is -0.0987. The summed E-state index contributed by atoms with van der Waals surface area (Å²) in [5.41, 5.74) is 7.23. The number of rotatable bonds is 6. The van der Waals surface area contributed by atoms with E-state index in [0.29, 0.717) is 30.4 Å². The van der Waals surface area contributed by atoms with E-state index in [9.17, 15) is 4.79 Å². The molecule has 2 aromatic rings. The Morgan fingerprint density at radius 2 is 1.84 bits per heavy atom. The molecule has 0 fully saturated rings. The topological polar surface area (TPSA) is 72.4 Å². The number of carbonyl (C=O) groups is 1. The summed E-state index contributed by atoms with van der Waals surface area (Å²) in [6.45, 7) is 7.08. The second kappa shape index (κ2) is 9.80. The van der Waals surface area contributed by atoms with Gasteiger partial charge in [0.2, 0.25) is 11.8 Å². The molecule has 0 aliphatic heterocycles. The van der Waals surface area contributed by atoms with Gasteiger partial charge in [0.1, 0.15) is 5.76 Å². The van der Waals surface area contributed by atoms with Crippen LogP contribution in [0.15, 0.2) is 34.7 Å². The molecule has 1 aromatic heterocycles. The quantitative estimate of drug-likeness (QED) is 0.823. The lowest BCUT2D eigenvalue weighted by atomic mass is 9.93. The average molecular weight is 388 g/mol. The van der Waals surface area contributed by atoms with Crippen molar-refractivity contribution in [2.75, 3.05) is 20.1 Å². The zero-order chi connectivity index (χ0) is 17.0. The van der Waals surface area contributed by atoms with Gasteiger partial charge in [0.05, 0.1) is 12.1 Å². The molecule has 0 unspecified atom stereocenters. The molecule has 0 atom stereocenters. The van der Waals surface area contributed by atoms with Gasteiger partial charge in [0.25, 0.3) is 0 Å². The highest BCUT2D eigenvalue weighted by Gasteiger charge is 2.23. The molecule has 5 nitrogen and oxygen atoms in total. The van der Waals surface area contributed by atoms with E-state index in [1.165, 1.54) is 0 Å². The summed E-state index contributed by atoms with van der Waals surface area (Å²) >= 11 is 0. The number of nitrogens with two attached hydrogens (primary N) is 1. The molecule has 25 heavy (non-hydrogen) atoms. The lowest BCUT2D eigenvalue weighted by molar-refractivity contribution is -0.130. The first-order valence-corrected chi connectivity index (χ1v) is 7.78. The lowest BCUT2D eigenvalue weighted by Gasteiger charge is -2.28. The van der Waals surface area contributed by atoms with Crippen LogP contribution < -0.4 is 5.73 Å². The summed E-state index contributed by atoms with van der Waals surface area (Å²) in [5, 5.41) is 0. The molecule has 0 radical (unpaired) electrons. The van der Waals surface area contributed by atoms with Crippen molar-refractivity contribution in [3.05, 3.63) is 41.8 Å². The summed E-state index contributed by atoms with van der Waals surface area (Å²) in [5.74, 6) is 1.25. The molecule has 0 saturated carbocycles. The van der Waals surface area contributed by atoms with Gasteiger partial charge in [-0.05, 0) is 31.0 Å². The first kappa shape index (κ1) is 23.4. The van der Waals surface area contributed by atoms with E-state index < -0.39 is 0 Å². The van der Waals surface area contributed by atoms with Gasteiger partial charge in [-0.1, -0.05) is 32.0 Å². The van der Waals surface area contributed by atoms with E-state index in [1.807, 2.05) is 51.1 Å². The van der Waals surface area contributed by atoms with Crippen LogP contribution in [-0.4, -0.2) is 35.9 Å². The molecule has 0 bridgehead atoms. The van der Waals surface area contributed by atoms with Crippen LogP contribution in [0.2, 0.25) is 0 Å². The van der Waals surface area contributed by atoms with Crippen LogP contribution >= 0.6 is 24.8 Å². The van der Waals surface area contributed by atoms with Gasteiger partial charge in [0.15, 0.2) is 0 Å². The Balaban J connectivity index is 0.00000288. The smallest absolute Gasteiger partial charge is 0.228 e. The standard InChI is InChI=1S/C18H25N3O2.2ClH/c1-13-15(10-16(22)21(4)12-18(2,3)11-19)20-17(23-13)14-8-6-5-7-9-14;;/h5-9H,10-12,19H2,1-4H3;2*1H. The third kappa shape index (κ3) is 6.34. The van der Waals surface area contributed by atoms with Crippen molar-refractivity contribution < 1.29 is 9.21 Å². The number of hydrogen-bond acceptors (Lipinski definition) is 4. The van der Waals surface area contributed by atoms with E-state index in [4.69, 9.17) is 10.2 Å². The van der Waals surface area contributed by atoms with Crippen LogP contribution in [0.1, 0.15) is 25.3 Å². The predicted molar refractivity (Wildman–Crippen MR) is 105 cm³/mol. The maximum absolute atomic E-state index is 12.4. The van der Waals surface area contributed by atoms with Crippen LogP contribution in [0.3, 0.4) is 0 Å². The molecule has 140 valence electrons. The predicted octanol–water partition coefficient (Wildman–Crippen LogP) is 3.48. The molecule has 0 spiro atoms. The number of carbonyl (C=O) groups excluding carboxylic acids is 1. The molecule has 2 N–H and O–H groups in total. The first-order valence-electron chi connectivity index (χ1n) is 7.78. The molecular weight excluding hydrogens is 361 g/mol. The number of aryl methyl sites for hydroxylation is 1. The number of benzene rings is 1. The summed E-state index contributed by atoms with van der Waals surface area (Å²) in [6.07, 6.45) is 0.235. The number of halogens is 2. The molecule has 1 amide bonds. The second-order valence-corrected chi connectivity index (χ2v) is 6.68. The van der Waals surface area contributed by atoms with E-state index in [1.54, 1.807) is 11.9 Å². The summed E-state index contributed by atoms with van der Waals surface area (Å²) in [7, 11) is 1.80. The van der Waals surface area contributed by atoms with E-state index in [-0.39, 0.29) is 42.6 Å². The number of nitrogens with zero attached hydrogens (tertiary/aromatic N) is 2. The SMILES string of the molecule is Cc1oc(-c2ccccc2)nc1CC(=O)N(C)CC(C)(C)CN.Cl.Cl. The van der Waals surface area contributed by atoms with Crippen molar-refractivity contribution in [1.29, 1.82) is 0 Å². The molecular formula is C18H27Cl2N3O2. The monoisotopic (exact) mass is 387 g/mol. The van der Waals surface area contributed by atoms with E-state index in [0.717, 1.165) is 5.56 Å². The third-order valence-electron chi connectivity index (χ3n) is 3.88. The zero-order valence-electron chi connectivity index (χ0n) is 15.1. The fourth-order valence-corrected chi connectivity index (χ4v) is 2.37. The number of aromatic nitrogens is 1. The summed E-state index contributed by atoms with van der Waals surface area (Å²) in [4.78, 5) is 18.6. The van der Waals surface area contributed by atoms with Crippen molar-refractivity contribution >= 4 is 30.7 Å². The van der Waals surface area contributed by atoms with E-state index in [2.05, 4.69) is 4.98 Å². The fraction of sp³-hybridized carbons (Fsp3) is 0.444. The molecule has 1 aromatic carbocycles. The Kier molecular flexibility index (Phi) is 9.19. The fourth-order valence-electron chi connectivity index (χ4n) is 2.37. The molecule has 1 heterocycles. The largest absolute Gasteiger partial charge is 0.441 e. The minimum absolute atomic E-state index is 0. The van der Waals surface area contributed by atoms with Crippen molar-refractivity contribution in [3.63, 3.8) is 0 Å². The summed E-state index contributed by atoms with van der Waals surface area (Å²) in [6, 6.07) is 9.68. The van der Waals surface area contributed by atoms with Crippen molar-refractivity contribution in [3.8, 4) is 11.5 Å². The van der Waals surface area contributed by atoms with Crippen LogP contribution in [0, 0.1) is 12.3 Å². The van der Waals surface area contributed by atoms with Gasteiger partial charge in [-0.15, -0.1) is 24.8 Å². The Labute approximate surface area is 161 Å². The maximum Gasteiger partial charge on any atom is 0.228 e. The average Bonchev–Trinajstić information content (AvgIpc) is 2.89. The van der Waals surface area contributed by atoms with Crippen molar-refractivity contribution in [2.24, 2.45) is 11.1 Å². The normalized spacial score (nSPS) is 10.6. The molecule has 0 aliphatic carbocycles. The molecule has 0 saturated heterocycles. The Morgan fingerprint density at radius 1 is 1.24 bits per heavy atom. The Bertz CT molecular complexity index is 672. The first-order chi connectivity index (χ1) is 10.8. The van der Waals surface area contributed by atoms with Crippen molar-refractivity contribution in [2.45, 2.75) is 27.2 Å². The second-order valence-electron chi connectivity index (χ2n) is 6.68. The zero-order valence-corrected chi connectivity index (χ0v) is 16.7. The van der Waals surface area contributed by atoms with Crippen LogP contribution in [0.5, 0.6) is 0 Å². The minimum Gasteiger partial charge on any atom is -0.441 e. The molecule has 0 aliphatic rings.